The molecule has 1 aromatic carbocycles. The number of benzene rings is 1. The van der Waals surface area contributed by atoms with Crippen LogP contribution >= 0.6 is 18.7 Å². The summed E-state index contributed by atoms with van der Waals surface area (Å²) in [6.45, 7) is 9.99. The molecule has 1 saturated carbocycles. The normalized spacial score (nSPS) is 15.2. The number of hydrogen-bond donors (Lipinski definition) is 2. The van der Waals surface area contributed by atoms with Crippen LogP contribution in [-0.4, -0.2) is 16.9 Å². The molecule has 2 aromatic rings. The second-order valence-corrected chi connectivity index (χ2v) is 12.1. The second kappa shape index (κ2) is 11.8. The van der Waals surface area contributed by atoms with Crippen molar-refractivity contribution in [1.29, 1.82) is 0 Å². The summed E-state index contributed by atoms with van der Waals surface area (Å²) < 4.78 is 19.4. The monoisotopic (exact) mass is 451 g/mol. The zero-order valence-electron chi connectivity index (χ0n) is 19.0. The summed E-state index contributed by atoms with van der Waals surface area (Å²) in [5, 5.41) is 3.13. The summed E-state index contributed by atoms with van der Waals surface area (Å²) in [6.07, 6.45) is 6.63. The van der Waals surface area contributed by atoms with Gasteiger partial charge in [-0.1, -0.05) is 39.2 Å². The van der Waals surface area contributed by atoms with Crippen LogP contribution in [0.3, 0.4) is 0 Å². The standard InChI is InChI=1S/C21H29FN3OPS.C2H6/c1-14-10-11-18(17(22)12-14)23-20-19(13-15(2)21(26)25(20)3)24-28-27(4)16-8-6-5-7-9-16;1-2/h10-13,16,23-24H,5-9H2,1-4H3;1-2H3. The Hall–Kier alpha value is -1.52. The minimum absolute atomic E-state index is 0.0865. The number of nitrogens with one attached hydrogen (secondary N) is 2. The maximum atomic E-state index is 14.4. The van der Waals surface area contributed by atoms with E-state index in [0.29, 0.717) is 17.1 Å². The van der Waals surface area contributed by atoms with Gasteiger partial charge in [0.15, 0.2) is 0 Å². The summed E-state index contributed by atoms with van der Waals surface area (Å²) in [6, 6.07) is 6.91. The fraction of sp³-hybridized carbons (Fsp3) is 0.522. The van der Waals surface area contributed by atoms with Gasteiger partial charge in [-0.15, -0.1) is 0 Å². The number of hydrogen-bond acceptors (Lipinski definition) is 4. The van der Waals surface area contributed by atoms with Crippen molar-refractivity contribution >= 4 is 35.9 Å². The topological polar surface area (TPSA) is 46.1 Å². The van der Waals surface area contributed by atoms with Gasteiger partial charge in [0.05, 0.1) is 11.4 Å². The lowest BCUT2D eigenvalue weighted by Gasteiger charge is -2.28. The lowest BCUT2D eigenvalue weighted by atomic mass is 10.0. The second-order valence-electron chi connectivity index (χ2n) is 7.59. The van der Waals surface area contributed by atoms with Crippen molar-refractivity contribution in [2.75, 3.05) is 16.7 Å². The van der Waals surface area contributed by atoms with E-state index in [1.165, 1.54) is 38.2 Å². The maximum Gasteiger partial charge on any atom is 0.254 e. The van der Waals surface area contributed by atoms with Crippen LogP contribution in [0.4, 0.5) is 21.6 Å². The van der Waals surface area contributed by atoms with E-state index in [2.05, 4.69) is 16.7 Å². The van der Waals surface area contributed by atoms with Gasteiger partial charge in [0.2, 0.25) is 0 Å². The molecule has 0 aliphatic heterocycles. The van der Waals surface area contributed by atoms with Crippen LogP contribution in [0.25, 0.3) is 0 Å². The third-order valence-corrected chi connectivity index (χ3v) is 9.54. The van der Waals surface area contributed by atoms with Gasteiger partial charge in [0.1, 0.15) is 11.6 Å². The van der Waals surface area contributed by atoms with Gasteiger partial charge in [-0.2, -0.15) is 0 Å². The largest absolute Gasteiger partial charge is 0.337 e. The highest BCUT2D eigenvalue weighted by Crippen LogP contribution is 2.55. The molecule has 0 saturated heterocycles. The summed E-state index contributed by atoms with van der Waals surface area (Å²) >= 11 is 1.76. The van der Waals surface area contributed by atoms with Crippen molar-refractivity contribution in [1.82, 2.24) is 4.57 Å². The molecule has 1 atom stereocenters. The predicted molar refractivity (Wildman–Crippen MR) is 133 cm³/mol. The van der Waals surface area contributed by atoms with E-state index in [1.807, 2.05) is 39.8 Å². The van der Waals surface area contributed by atoms with Gasteiger partial charge in [0.25, 0.3) is 5.56 Å². The molecule has 0 spiro atoms. The molecule has 1 unspecified atom stereocenters. The molecule has 0 bridgehead atoms. The number of nitrogens with zero attached hydrogens (tertiary/aromatic N) is 1. The number of aromatic nitrogens is 1. The first-order valence-electron chi connectivity index (χ1n) is 10.8. The number of pyridine rings is 1. The van der Waals surface area contributed by atoms with Gasteiger partial charge in [-0.3, -0.25) is 9.36 Å². The van der Waals surface area contributed by atoms with Crippen molar-refractivity contribution < 1.29 is 4.39 Å². The van der Waals surface area contributed by atoms with Crippen molar-refractivity contribution in [2.45, 2.75) is 65.5 Å². The Kier molecular flexibility index (Phi) is 9.70. The first kappa shape index (κ1) is 24.7. The Morgan fingerprint density at radius 2 is 1.77 bits per heavy atom. The fourth-order valence-electron chi connectivity index (χ4n) is 3.61. The highest BCUT2D eigenvalue weighted by molar-refractivity contribution is 8.56. The van der Waals surface area contributed by atoms with E-state index in [-0.39, 0.29) is 18.5 Å². The molecule has 4 nitrogen and oxygen atoms in total. The highest BCUT2D eigenvalue weighted by Gasteiger charge is 2.21. The lowest BCUT2D eigenvalue weighted by Crippen LogP contribution is -2.22. The SMILES string of the molecule is CC.Cc1ccc(Nc2c(NSP(C)C3CCCCC3)cc(C)c(=O)n2C)c(F)c1. The number of aryl methyl sites for hydroxylation is 2. The molecular formula is C23H35FN3OPS. The molecule has 30 heavy (non-hydrogen) atoms. The molecule has 1 aliphatic rings. The summed E-state index contributed by atoms with van der Waals surface area (Å²) in [4.78, 5) is 12.5. The fourth-order valence-corrected chi connectivity index (χ4v) is 7.06. The average Bonchev–Trinajstić information content (AvgIpc) is 2.76. The zero-order valence-corrected chi connectivity index (χ0v) is 20.7. The maximum absolute atomic E-state index is 14.4. The van der Waals surface area contributed by atoms with Crippen molar-refractivity contribution in [3.8, 4) is 0 Å². The number of halogens is 1. The van der Waals surface area contributed by atoms with Crippen molar-refractivity contribution in [2.24, 2.45) is 7.05 Å². The van der Waals surface area contributed by atoms with Crippen LogP contribution in [0, 0.1) is 19.7 Å². The minimum Gasteiger partial charge on any atom is -0.337 e. The van der Waals surface area contributed by atoms with Crippen LogP contribution in [0.2, 0.25) is 0 Å². The molecule has 1 heterocycles. The Morgan fingerprint density at radius 1 is 1.10 bits per heavy atom. The molecule has 1 aromatic heterocycles. The van der Waals surface area contributed by atoms with Crippen LogP contribution in [0.1, 0.15) is 57.1 Å². The lowest BCUT2D eigenvalue weighted by molar-refractivity contribution is 0.513. The zero-order chi connectivity index (χ0) is 22.3. The first-order valence-corrected chi connectivity index (χ1v) is 14.0. The molecule has 166 valence electrons. The molecule has 0 radical (unpaired) electrons. The van der Waals surface area contributed by atoms with E-state index in [4.69, 9.17) is 0 Å². The Bertz CT molecular complexity index is 897. The molecule has 3 rings (SSSR count). The number of anilines is 3. The third kappa shape index (κ3) is 6.24. The summed E-state index contributed by atoms with van der Waals surface area (Å²) in [7, 11) is 1.50. The van der Waals surface area contributed by atoms with Crippen molar-refractivity contribution in [3.05, 3.63) is 51.6 Å². The van der Waals surface area contributed by atoms with E-state index in [1.54, 1.807) is 29.2 Å². The van der Waals surface area contributed by atoms with Gasteiger partial charge >= 0.3 is 0 Å². The Balaban J connectivity index is 0.00000155. The van der Waals surface area contributed by atoms with Crippen LogP contribution in [0.5, 0.6) is 0 Å². The smallest absolute Gasteiger partial charge is 0.254 e. The third-order valence-electron chi connectivity index (χ3n) is 5.36. The van der Waals surface area contributed by atoms with Crippen LogP contribution in [0.15, 0.2) is 29.1 Å². The van der Waals surface area contributed by atoms with Gasteiger partial charge < -0.3 is 10.0 Å². The molecular weight excluding hydrogens is 416 g/mol. The van der Waals surface area contributed by atoms with Gasteiger partial charge in [-0.05, 0) is 81.5 Å². The van der Waals surface area contributed by atoms with Gasteiger partial charge in [-0.25, -0.2) is 4.39 Å². The molecule has 7 heteroatoms. The first-order chi connectivity index (χ1) is 14.4. The minimum atomic E-state index is -0.327. The molecule has 2 N–H and O–H groups in total. The average molecular weight is 452 g/mol. The Morgan fingerprint density at radius 3 is 2.40 bits per heavy atom. The molecule has 1 fully saturated rings. The van der Waals surface area contributed by atoms with E-state index >= 15 is 0 Å². The molecule has 0 amide bonds. The van der Waals surface area contributed by atoms with E-state index < -0.39 is 0 Å². The van der Waals surface area contributed by atoms with Crippen molar-refractivity contribution in [3.63, 3.8) is 0 Å². The van der Waals surface area contributed by atoms with Gasteiger partial charge in [0, 0.05) is 12.6 Å². The highest BCUT2D eigenvalue weighted by atomic mass is 32.7. The number of rotatable bonds is 6. The van der Waals surface area contributed by atoms with Crippen LogP contribution < -0.4 is 15.6 Å². The quantitative estimate of drug-likeness (QED) is 0.356. The van der Waals surface area contributed by atoms with E-state index in [0.717, 1.165) is 16.9 Å². The van der Waals surface area contributed by atoms with Crippen LogP contribution in [-0.2, 0) is 7.05 Å². The summed E-state index contributed by atoms with van der Waals surface area (Å²) in [5.74, 6) is 0.254. The Labute approximate surface area is 185 Å². The summed E-state index contributed by atoms with van der Waals surface area (Å²) in [5.41, 5.74) is 3.40. The predicted octanol–water partition coefficient (Wildman–Crippen LogP) is 7.33. The van der Waals surface area contributed by atoms with E-state index in [9.17, 15) is 9.18 Å². The molecule has 1 aliphatic carbocycles.